The van der Waals surface area contributed by atoms with Crippen LogP contribution in [-0.4, -0.2) is 15.9 Å². The van der Waals surface area contributed by atoms with Crippen LogP contribution in [0.5, 0.6) is 0 Å². The average molecular weight is 377 g/mol. The lowest BCUT2D eigenvalue weighted by Gasteiger charge is -2.07. The zero-order chi connectivity index (χ0) is 19.7. The molecule has 0 aliphatic heterocycles. The maximum absolute atomic E-state index is 12.3. The van der Waals surface area contributed by atoms with E-state index in [2.05, 4.69) is 22.2 Å². The maximum atomic E-state index is 12.3. The Morgan fingerprint density at radius 1 is 1.29 bits per heavy atom. The van der Waals surface area contributed by atoms with Crippen molar-refractivity contribution in [1.82, 2.24) is 9.97 Å². The van der Waals surface area contributed by atoms with Crippen molar-refractivity contribution in [3.63, 3.8) is 0 Å². The molecule has 2 N–H and O–H groups in total. The van der Waals surface area contributed by atoms with Crippen LogP contribution in [0.15, 0.2) is 51.7 Å². The third kappa shape index (κ3) is 4.22. The van der Waals surface area contributed by atoms with Crippen molar-refractivity contribution in [2.45, 2.75) is 39.0 Å². The standard InChI is InChI=1S/C22H23N3O3/c1-13-10-18(13)19-8-6-17(28-19)7-9-20(26)24-16-5-3-4-15(12-16)22-23-14(2)11-21(27)25-22/h3-6,8,11-13,18H,7,9-10H2,1-2H3,(H,24,26)(H,23,25,27). The molecule has 0 radical (unpaired) electrons. The summed E-state index contributed by atoms with van der Waals surface area (Å²) < 4.78 is 5.86. The zero-order valence-corrected chi connectivity index (χ0v) is 16.0. The quantitative estimate of drug-likeness (QED) is 0.679. The number of H-pyrrole nitrogens is 1. The molecule has 0 spiro atoms. The number of carbonyl (C=O) groups excluding carboxylic acids is 1. The minimum atomic E-state index is -0.199. The van der Waals surface area contributed by atoms with Crippen molar-refractivity contribution < 1.29 is 9.21 Å². The number of nitrogens with one attached hydrogen (secondary N) is 2. The Kier molecular flexibility index (Phi) is 4.86. The first-order chi connectivity index (χ1) is 13.5. The zero-order valence-electron chi connectivity index (χ0n) is 16.0. The first-order valence-electron chi connectivity index (χ1n) is 9.55. The fourth-order valence-corrected chi connectivity index (χ4v) is 3.37. The highest BCUT2D eigenvalue weighted by atomic mass is 16.3. The summed E-state index contributed by atoms with van der Waals surface area (Å²) in [5.74, 6) is 3.54. The molecule has 2 heterocycles. The van der Waals surface area contributed by atoms with Crippen molar-refractivity contribution in [3.05, 3.63) is 70.0 Å². The summed E-state index contributed by atoms with van der Waals surface area (Å²) in [4.78, 5) is 31.0. The number of aromatic nitrogens is 2. The van der Waals surface area contributed by atoms with Crippen molar-refractivity contribution in [3.8, 4) is 11.4 Å². The molecule has 2 aromatic heterocycles. The molecule has 1 saturated carbocycles. The molecule has 2 unspecified atom stereocenters. The minimum Gasteiger partial charge on any atom is -0.466 e. The summed E-state index contributed by atoms with van der Waals surface area (Å²) in [5.41, 5.74) is 1.85. The first kappa shape index (κ1) is 18.2. The van der Waals surface area contributed by atoms with Crippen LogP contribution >= 0.6 is 0 Å². The molecule has 6 nitrogen and oxygen atoms in total. The summed E-state index contributed by atoms with van der Waals surface area (Å²) in [6, 6.07) is 12.7. The van der Waals surface area contributed by atoms with E-state index in [9.17, 15) is 9.59 Å². The van der Waals surface area contributed by atoms with Crippen molar-refractivity contribution in [2.75, 3.05) is 5.32 Å². The molecule has 1 aromatic carbocycles. The van der Waals surface area contributed by atoms with Crippen LogP contribution < -0.4 is 10.9 Å². The molecule has 1 fully saturated rings. The van der Waals surface area contributed by atoms with Crippen LogP contribution in [0, 0.1) is 12.8 Å². The van der Waals surface area contributed by atoms with Gasteiger partial charge in [0.25, 0.3) is 5.56 Å². The molecule has 0 bridgehead atoms. The van der Waals surface area contributed by atoms with Gasteiger partial charge in [-0.3, -0.25) is 9.59 Å². The van der Waals surface area contributed by atoms with E-state index in [0.717, 1.165) is 17.1 Å². The molecule has 28 heavy (non-hydrogen) atoms. The monoisotopic (exact) mass is 377 g/mol. The van der Waals surface area contributed by atoms with Crippen LogP contribution in [0.1, 0.15) is 42.9 Å². The highest BCUT2D eigenvalue weighted by molar-refractivity contribution is 5.91. The normalized spacial score (nSPS) is 18.1. The Morgan fingerprint density at radius 3 is 2.86 bits per heavy atom. The number of rotatable bonds is 6. The summed E-state index contributed by atoms with van der Waals surface area (Å²) in [6.45, 7) is 3.99. The largest absolute Gasteiger partial charge is 0.466 e. The van der Waals surface area contributed by atoms with Gasteiger partial charge < -0.3 is 14.7 Å². The molecule has 3 aromatic rings. The summed E-state index contributed by atoms with van der Waals surface area (Å²) >= 11 is 0. The number of hydrogen-bond donors (Lipinski definition) is 2. The number of aromatic amines is 1. The van der Waals surface area contributed by atoms with Crippen LogP contribution in [0.25, 0.3) is 11.4 Å². The number of nitrogens with zero attached hydrogens (tertiary/aromatic N) is 1. The number of hydrogen-bond acceptors (Lipinski definition) is 4. The smallest absolute Gasteiger partial charge is 0.251 e. The van der Waals surface area contributed by atoms with E-state index in [1.807, 2.05) is 30.3 Å². The Hall–Kier alpha value is -3.15. The lowest BCUT2D eigenvalue weighted by atomic mass is 10.1. The van der Waals surface area contributed by atoms with Crippen LogP contribution in [0.2, 0.25) is 0 Å². The fourth-order valence-electron chi connectivity index (χ4n) is 3.37. The van der Waals surface area contributed by atoms with Crippen LogP contribution in [-0.2, 0) is 11.2 Å². The topological polar surface area (TPSA) is 88.0 Å². The van der Waals surface area contributed by atoms with Crippen molar-refractivity contribution in [2.24, 2.45) is 5.92 Å². The third-order valence-electron chi connectivity index (χ3n) is 5.05. The number of furan rings is 1. The van der Waals surface area contributed by atoms with Gasteiger partial charge in [-0.2, -0.15) is 0 Å². The molecule has 2 atom stereocenters. The van der Waals surface area contributed by atoms with Gasteiger partial charge in [-0.1, -0.05) is 19.1 Å². The van der Waals surface area contributed by atoms with Gasteiger partial charge in [-0.15, -0.1) is 0 Å². The van der Waals surface area contributed by atoms with Gasteiger partial charge in [0.05, 0.1) is 0 Å². The van der Waals surface area contributed by atoms with Crippen molar-refractivity contribution in [1.29, 1.82) is 0 Å². The molecule has 1 aliphatic rings. The molecule has 1 aliphatic carbocycles. The second-order valence-electron chi connectivity index (χ2n) is 7.49. The van der Waals surface area contributed by atoms with E-state index < -0.39 is 0 Å². The summed E-state index contributed by atoms with van der Waals surface area (Å²) in [5, 5.41) is 2.90. The Balaban J connectivity index is 1.38. The van der Waals surface area contributed by atoms with Gasteiger partial charge in [0.1, 0.15) is 17.3 Å². The van der Waals surface area contributed by atoms with Gasteiger partial charge in [0.2, 0.25) is 5.91 Å². The molecular formula is C22H23N3O3. The lowest BCUT2D eigenvalue weighted by Crippen LogP contribution is -2.12. The first-order valence-corrected chi connectivity index (χ1v) is 9.55. The second kappa shape index (κ2) is 7.46. The van der Waals surface area contributed by atoms with Gasteiger partial charge in [-0.05, 0) is 43.5 Å². The van der Waals surface area contributed by atoms with E-state index in [1.54, 1.807) is 13.0 Å². The van der Waals surface area contributed by atoms with Gasteiger partial charge in [0.15, 0.2) is 0 Å². The molecule has 1 amide bonds. The van der Waals surface area contributed by atoms with Gasteiger partial charge in [0, 0.05) is 41.8 Å². The summed E-state index contributed by atoms with van der Waals surface area (Å²) in [7, 11) is 0. The van der Waals surface area contributed by atoms with E-state index >= 15 is 0 Å². The molecule has 6 heteroatoms. The van der Waals surface area contributed by atoms with E-state index in [0.29, 0.717) is 41.9 Å². The SMILES string of the molecule is Cc1cc(=O)[nH]c(-c2cccc(NC(=O)CCc3ccc(C4CC4C)o3)c2)n1. The fraction of sp³-hybridized carbons (Fsp3) is 0.318. The lowest BCUT2D eigenvalue weighted by molar-refractivity contribution is -0.116. The minimum absolute atomic E-state index is 0.0828. The predicted molar refractivity (Wildman–Crippen MR) is 107 cm³/mol. The van der Waals surface area contributed by atoms with Crippen LogP contribution in [0.3, 0.4) is 0 Å². The van der Waals surface area contributed by atoms with E-state index in [-0.39, 0.29) is 11.5 Å². The number of anilines is 1. The van der Waals surface area contributed by atoms with Gasteiger partial charge >= 0.3 is 0 Å². The Morgan fingerprint density at radius 2 is 2.11 bits per heavy atom. The summed E-state index contributed by atoms with van der Waals surface area (Å²) in [6.07, 6.45) is 2.10. The molecule has 144 valence electrons. The third-order valence-corrected chi connectivity index (χ3v) is 5.05. The highest BCUT2D eigenvalue weighted by Crippen LogP contribution is 2.47. The second-order valence-corrected chi connectivity index (χ2v) is 7.49. The molecule has 0 saturated heterocycles. The maximum Gasteiger partial charge on any atom is 0.251 e. The number of amides is 1. The Labute approximate surface area is 163 Å². The van der Waals surface area contributed by atoms with Crippen molar-refractivity contribution >= 4 is 11.6 Å². The highest BCUT2D eigenvalue weighted by Gasteiger charge is 2.36. The average Bonchev–Trinajstić information content (AvgIpc) is 3.20. The van der Waals surface area contributed by atoms with Gasteiger partial charge in [-0.25, -0.2) is 4.98 Å². The molecular weight excluding hydrogens is 354 g/mol. The number of carbonyl (C=O) groups is 1. The molecule has 4 rings (SSSR count). The van der Waals surface area contributed by atoms with Crippen LogP contribution in [0.4, 0.5) is 5.69 Å². The van der Waals surface area contributed by atoms with E-state index in [4.69, 9.17) is 4.42 Å². The number of aryl methyl sites for hydroxylation is 2. The Bertz CT molecular complexity index is 1070. The number of benzene rings is 1. The predicted octanol–water partition coefficient (Wildman–Crippen LogP) is 4.03. The van der Waals surface area contributed by atoms with E-state index in [1.165, 1.54) is 12.5 Å².